The molecule has 0 radical (unpaired) electrons. The number of ether oxygens (including phenoxy) is 1. The zero-order chi connectivity index (χ0) is 15.4. The van der Waals surface area contributed by atoms with E-state index in [2.05, 4.69) is 29.3 Å². The van der Waals surface area contributed by atoms with Crippen LogP contribution < -0.4 is 15.8 Å². The van der Waals surface area contributed by atoms with Crippen LogP contribution in [0.4, 0.5) is 5.69 Å². The van der Waals surface area contributed by atoms with Crippen LogP contribution >= 0.6 is 11.6 Å². The lowest BCUT2D eigenvalue weighted by Gasteiger charge is -2.22. The third kappa shape index (κ3) is 4.51. The summed E-state index contributed by atoms with van der Waals surface area (Å²) in [4.78, 5) is 6.66. The van der Waals surface area contributed by atoms with E-state index in [1.165, 1.54) is 12.8 Å². The number of hydrogen-bond acceptors (Lipinski definition) is 3. The van der Waals surface area contributed by atoms with Gasteiger partial charge in [-0.3, -0.25) is 4.99 Å². The van der Waals surface area contributed by atoms with Gasteiger partial charge >= 0.3 is 0 Å². The Labute approximate surface area is 131 Å². The number of likely N-dealkylation sites (N-methyl/N-ethyl adjacent to an activating group) is 1. The smallest absolute Gasteiger partial charge is 0.193 e. The Morgan fingerprint density at radius 3 is 2.76 bits per heavy atom. The summed E-state index contributed by atoms with van der Waals surface area (Å²) in [5.74, 6) is 1.80. The Bertz CT molecular complexity index is 512. The van der Waals surface area contributed by atoms with Gasteiger partial charge in [-0.1, -0.05) is 11.6 Å². The molecule has 3 N–H and O–H groups in total. The van der Waals surface area contributed by atoms with Crippen LogP contribution in [0.15, 0.2) is 23.2 Å². The van der Waals surface area contributed by atoms with E-state index >= 15 is 0 Å². The number of nitrogens with zero attached hydrogens (tertiary/aromatic N) is 2. The monoisotopic (exact) mass is 310 g/mol. The predicted molar refractivity (Wildman–Crippen MR) is 88.3 cm³/mol. The molecule has 0 bridgehead atoms. The van der Waals surface area contributed by atoms with E-state index in [1.54, 1.807) is 19.2 Å². The lowest BCUT2D eigenvalue weighted by Crippen LogP contribution is -2.34. The Morgan fingerprint density at radius 1 is 1.52 bits per heavy atom. The SMILES string of the molecule is COc1ccc(NC(N)=NCC(C2CC2)N(C)C)cc1Cl. The van der Waals surface area contributed by atoms with Crippen molar-refractivity contribution in [2.24, 2.45) is 16.6 Å². The fourth-order valence-electron chi connectivity index (χ4n) is 2.34. The minimum absolute atomic E-state index is 0.406. The molecule has 2 rings (SSSR count). The number of methoxy groups -OCH3 is 1. The maximum Gasteiger partial charge on any atom is 0.193 e. The van der Waals surface area contributed by atoms with Crippen molar-refractivity contribution in [2.45, 2.75) is 18.9 Å². The second-order valence-electron chi connectivity index (χ2n) is 5.57. The summed E-state index contributed by atoms with van der Waals surface area (Å²) < 4.78 is 5.12. The fraction of sp³-hybridized carbons (Fsp3) is 0.533. The quantitative estimate of drug-likeness (QED) is 0.625. The summed E-state index contributed by atoms with van der Waals surface area (Å²) in [6.07, 6.45) is 2.58. The molecule has 0 amide bonds. The maximum absolute atomic E-state index is 6.08. The highest BCUT2D eigenvalue weighted by atomic mass is 35.5. The first-order valence-electron chi connectivity index (χ1n) is 7.08. The lowest BCUT2D eigenvalue weighted by molar-refractivity contribution is 0.271. The number of rotatable bonds is 6. The predicted octanol–water partition coefficient (Wildman–Crippen LogP) is 2.42. The summed E-state index contributed by atoms with van der Waals surface area (Å²) in [5, 5.41) is 3.60. The molecular formula is C15H23ClN4O. The highest BCUT2D eigenvalue weighted by molar-refractivity contribution is 6.32. The molecule has 0 heterocycles. The van der Waals surface area contributed by atoms with Gasteiger partial charge in [-0.15, -0.1) is 0 Å². The van der Waals surface area contributed by atoms with Crippen molar-refractivity contribution in [1.29, 1.82) is 0 Å². The van der Waals surface area contributed by atoms with Gasteiger partial charge < -0.3 is 20.7 Å². The molecule has 1 aliphatic carbocycles. The molecule has 116 valence electrons. The van der Waals surface area contributed by atoms with Crippen LogP contribution in [0.25, 0.3) is 0 Å². The minimum atomic E-state index is 0.406. The second-order valence-corrected chi connectivity index (χ2v) is 5.98. The van der Waals surface area contributed by atoms with Gasteiger partial charge in [-0.05, 0) is 51.1 Å². The van der Waals surface area contributed by atoms with Gasteiger partial charge in [0.05, 0.1) is 18.7 Å². The average Bonchev–Trinajstić information content (AvgIpc) is 3.23. The van der Waals surface area contributed by atoms with E-state index in [1.807, 2.05) is 6.07 Å². The number of aliphatic imine (C=N–C) groups is 1. The highest BCUT2D eigenvalue weighted by Crippen LogP contribution is 2.34. The van der Waals surface area contributed by atoms with Crippen molar-refractivity contribution in [3.8, 4) is 5.75 Å². The highest BCUT2D eigenvalue weighted by Gasteiger charge is 2.32. The zero-order valence-electron chi connectivity index (χ0n) is 12.8. The van der Waals surface area contributed by atoms with Crippen molar-refractivity contribution in [2.75, 3.05) is 33.1 Å². The molecule has 1 fully saturated rings. The Hall–Kier alpha value is -1.46. The number of halogens is 1. The van der Waals surface area contributed by atoms with Gasteiger partial charge in [0.1, 0.15) is 5.75 Å². The summed E-state index contributed by atoms with van der Waals surface area (Å²) in [5.41, 5.74) is 6.74. The van der Waals surface area contributed by atoms with Crippen molar-refractivity contribution in [3.63, 3.8) is 0 Å². The molecular weight excluding hydrogens is 288 g/mol. The van der Waals surface area contributed by atoms with Gasteiger partial charge in [0, 0.05) is 11.7 Å². The van der Waals surface area contributed by atoms with Gasteiger partial charge in [0.15, 0.2) is 5.96 Å². The molecule has 0 spiro atoms. The van der Waals surface area contributed by atoms with Crippen LogP contribution in [0.3, 0.4) is 0 Å². The van der Waals surface area contributed by atoms with Gasteiger partial charge in [0.2, 0.25) is 0 Å². The minimum Gasteiger partial charge on any atom is -0.495 e. The first-order valence-corrected chi connectivity index (χ1v) is 7.46. The van der Waals surface area contributed by atoms with E-state index in [-0.39, 0.29) is 0 Å². The van der Waals surface area contributed by atoms with Crippen LogP contribution in [0, 0.1) is 5.92 Å². The summed E-state index contributed by atoms with van der Waals surface area (Å²) in [6.45, 7) is 0.709. The molecule has 0 aliphatic heterocycles. The molecule has 1 unspecified atom stereocenters. The van der Waals surface area contributed by atoms with Crippen LogP contribution in [0.1, 0.15) is 12.8 Å². The topological polar surface area (TPSA) is 62.9 Å². The molecule has 5 nitrogen and oxygen atoms in total. The summed E-state index contributed by atoms with van der Waals surface area (Å²) >= 11 is 6.08. The second kappa shape index (κ2) is 7.00. The fourth-order valence-corrected chi connectivity index (χ4v) is 2.60. The van der Waals surface area contributed by atoms with E-state index in [9.17, 15) is 0 Å². The summed E-state index contributed by atoms with van der Waals surface area (Å²) in [7, 11) is 5.76. The number of hydrogen-bond donors (Lipinski definition) is 2. The first kappa shape index (κ1) is 15.9. The normalized spacial score (nSPS) is 16.9. The number of nitrogens with one attached hydrogen (secondary N) is 1. The molecule has 1 aliphatic rings. The Kier molecular flexibility index (Phi) is 5.31. The number of guanidine groups is 1. The van der Waals surface area contributed by atoms with Crippen LogP contribution in [0.2, 0.25) is 5.02 Å². The average molecular weight is 311 g/mol. The lowest BCUT2D eigenvalue weighted by atomic mass is 10.2. The van der Waals surface area contributed by atoms with Gasteiger partial charge in [0.25, 0.3) is 0 Å². The Morgan fingerprint density at radius 2 is 2.24 bits per heavy atom. The van der Waals surface area contributed by atoms with Crippen LogP contribution in [-0.2, 0) is 0 Å². The first-order chi connectivity index (χ1) is 10.0. The summed E-state index contributed by atoms with van der Waals surface area (Å²) in [6, 6.07) is 5.89. The van der Waals surface area contributed by atoms with Crippen LogP contribution in [0.5, 0.6) is 5.75 Å². The molecule has 1 atom stereocenters. The van der Waals surface area contributed by atoms with E-state index in [0.717, 1.165) is 11.6 Å². The molecule has 1 aromatic rings. The van der Waals surface area contributed by atoms with Gasteiger partial charge in [-0.2, -0.15) is 0 Å². The molecule has 0 aromatic heterocycles. The largest absolute Gasteiger partial charge is 0.495 e. The molecule has 1 saturated carbocycles. The molecule has 1 aromatic carbocycles. The third-order valence-corrected chi connectivity index (χ3v) is 4.00. The van der Waals surface area contributed by atoms with Crippen LogP contribution in [-0.4, -0.2) is 44.7 Å². The van der Waals surface area contributed by atoms with Crippen molar-refractivity contribution in [3.05, 3.63) is 23.2 Å². The standard InChI is InChI=1S/C15H23ClN4O/c1-20(2)13(10-4-5-10)9-18-15(17)19-11-6-7-14(21-3)12(16)8-11/h6-8,10,13H,4-5,9H2,1-3H3,(H3,17,18,19). The molecule has 0 saturated heterocycles. The van der Waals surface area contributed by atoms with Crippen molar-refractivity contribution >= 4 is 23.2 Å². The van der Waals surface area contributed by atoms with E-state index in [4.69, 9.17) is 22.1 Å². The van der Waals surface area contributed by atoms with Gasteiger partial charge in [-0.25, -0.2) is 0 Å². The number of nitrogens with two attached hydrogens (primary N) is 1. The van der Waals surface area contributed by atoms with Crippen molar-refractivity contribution < 1.29 is 4.74 Å². The zero-order valence-corrected chi connectivity index (χ0v) is 13.5. The van der Waals surface area contributed by atoms with E-state index in [0.29, 0.717) is 29.3 Å². The van der Waals surface area contributed by atoms with Crippen molar-refractivity contribution in [1.82, 2.24) is 4.90 Å². The Balaban J connectivity index is 1.95. The maximum atomic E-state index is 6.08. The molecule has 6 heteroatoms. The number of benzene rings is 1. The van der Waals surface area contributed by atoms with E-state index < -0.39 is 0 Å². The molecule has 21 heavy (non-hydrogen) atoms. The number of anilines is 1. The third-order valence-electron chi connectivity index (χ3n) is 3.70.